The van der Waals surface area contributed by atoms with E-state index in [1.807, 2.05) is 18.2 Å². The number of hydrogen-bond acceptors (Lipinski definition) is 6. The Bertz CT molecular complexity index is 1250. The molecule has 0 spiro atoms. The van der Waals surface area contributed by atoms with Gasteiger partial charge in [-0.15, -0.1) is 0 Å². The minimum Gasteiger partial charge on any atom is -0.457 e. The number of nitrogens with zero attached hydrogens (tertiary/aromatic N) is 2. The van der Waals surface area contributed by atoms with Crippen LogP contribution in [0.25, 0.3) is 17.4 Å². The van der Waals surface area contributed by atoms with Gasteiger partial charge in [-0.1, -0.05) is 12.1 Å². The number of morpholine rings is 1. The molecule has 1 aliphatic heterocycles. The van der Waals surface area contributed by atoms with Gasteiger partial charge in [0.2, 0.25) is 10.0 Å². The van der Waals surface area contributed by atoms with E-state index in [0.717, 1.165) is 24.3 Å². The lowest BCUT2D eigenvalue weighted by atomic mass is 10.1. The molecular weight excluding hydrogens is 440 g/mol. The van der Waals surface area contributed by atoms with Crippen molar-refractivity contribution < 1.29 is 22.4 Å². The summed E-state index contributed by atoms with van der Waals surface area (Å²) in [6.45, 7) is 3.00. The Labute approximate surface area is 193 Å². The zero-order valence-electron chi connectivity index (χ0n) is 18.6. The molecule has 172 valence electrons. The Morgan fingerprint density at radius 3 is 2.42 bits per heavy atom. The molecule has 4 rings (SSSR count). The second kappa shape index (κ2) is 9.74. The van der Waals surface area contributed by atoms with Gasteiger partial charge in [0.15, 0.2) is 5.78 Å². The quantitative estimate of drug-likeness (QED) is 0.388. The molecule has 33 heavy (non-hydrogen) atoms. The van der Waals surface area contributed by atoms with Gasteiger partial charge >= 0.3 is 0 Å². The highest BCUT2D eigenvalue weighted by Gasteiger charge is 2.17. The third-order valence-electron chi connectivity index (χ3n) is 5.45. The van der Waals surface area contributed by atoms with Gasteiger partial charge in [0, 0.05) is 44.0 Å². The first-order chi connectivity index (χ1) is 15.8. The summed E-state index contributed by atoms with van der Waals surface area (Å²) in [5, 5.41) is 0. The highest BCUT2D eigenvalue weighted by Crippen LogP contribution is 2.25. The van der Waals surface area contributed by atoms with Crippen LogP contribution in [0.1, 0.15) is 16.1 Å². The van der Waals surface area contributed by atoms with Gasteiger partial charge in [-0.25, -0.2) is 12.7 Å². The lowest BCUT2D eigenvalue weighted by Gasteiger charge is -2.29. The van der Waals surface area contributed by atoms with Gasteiger partial charge in [0.05, 0.1) is 18.1 Å². The van der Waals surface area contributed by atoms with Crippen LogP contribution < -0.4 is 4.90 Å². The number of benzene rings is 2. The summed E-state index contributed by atoms with van der Waals surface area (Å²) >= 11 is 0. The number of carbonyl (C=O) groups excluding carboxylic acids is 1. The minimum absolute atomic E-state index is 0.110. The first-order valence-electron chi connectivity index (χ1n) is 10.6. The second-order valence-corrected chi connectivity index (χ2v) is 10.0. The van der Waals surface area contributed by atoms with E-state index in [-0.39, 0.29) is 10.7 Å². The standard InChI is InChI=1S/C25H26N2O5S/c1-26(2)33(29,30)23-10-6-19(7-11-23)25-13-9-22(32-25)8-12-24(28)20-4-3-5-21(18-20)27-14-16-31-17-15-27/h3-13,18H,14-17H2,1-2H3/b12-8-. The number of sulfonamides is 1. The molecule has 1 fully saturated rings. The van der Waals surface area contributed by atoms with Crippen molar-refractivity contribution in [1.29, 1.82) is 0 Å². The Balaban J connectivity index is 1.45. The summed E-state index contributed by atoms with van der Waals surface area (Å²) in [4.78, 5) is 15.1. The number of hydrogen-bond donors (Lipinski definition) is 0. The van der Waals surface area contributed by atoms with Crippen LogP contribution in [0.2, 0.25) is 0 Å². The van der Waals surface area contributed by atoms with E-state index in [9.17, 15) is 13.2 Å². The van der Waals surface area contributed by atoms with Gasteiger partial charge in [-0.3, -0.25) is 4.79 Å². The average Bonchev–Trinajstić information content (AvgIpc) is 3.32. The predicted octanol–water partition coefficient (Wildman–Crippen LogP) is 3.93. The molecule has 0 aliphatic carbocycles. The number of ketones is 1. The highest BCUT2D eigenvalue weighted by atomic mass is 32.2. The normalized spacial score (nSPS) is 14.8. The summed E-state index contributed by atoms with van der Waals surface area (Å²) in [6, 6.07) is 17.6. The molecule has 1 saturated heterocycles. The molecule has 0 unspecified atom stereocenters. The minimum atomic E-state index is -3.48. The van der Waals surface area contributed by atoms with Crippen LogP contribution in [-0.2, 0) is 14.8 Å². The van der Waals surface area contributed by atoms with E-state index in [4.69, 9.17) is 9.15 Å². The zero-order valence-corrected chi connectivity index (χ0v) is 19.4. The van der Waals surface area contributed by atoms with Crippen molar-refractivity contribution in [3.05, 3.63) is 78.1 Å². The molecule has 1 aliphatic rings. The molecule has 1 aromatic heterocycles. The number of anilines is 1. The van der Waals surface area contributed by atoms with Gasteiger partial charge in [-0.05, 0) is 60.7 Å². The van der Waals surface area contributed by atoms with E-state index in [1.54, 1.807) is 48.5 Å². The fourth-order valence-corrected chi connectivity index (χ4v) is 4.43. The van der Waals surface area contributed by atoms with Crippen LogP contribution in [0.5, 0.6) is 0 Å². The molecule has 0 amide bonds. The maximum absolute atomic E-state index is 12.7. The van der Waals surface area contributed by atoms with E-state index in [2.05, 4.69) is 4.90 Å². The Kier molecular flexibility index (Phi) is 6.78. The fourth-order valence-electron chi connectivity index (χ4n) is 3.53. The van der Waals surface area contributed by atoms with Crippen LogP contribution in [0.4, 0.5) is 5.69 Å². The van der Waals surface area contributed by atoms with Crippen LogP contribution in [0.15, 0.2) is 76.1 Å². The lowest BCUT2D eigenvalue weighted by molar-refractivity contribution is 0.104. The van der Waals surface area contributed by atoms with Crippen molar-refractivity contribution in [2.45, 2.75) is 4.90 Å². The first kappa shape index (κ1) is 23.0. The van der Waals surface area contributed by atoms with Crippen LogP contribution >= 0.6 is 0 Å². The molecule has 3 aromatic rings. The van der Waals surface area contributed by atoms with Crippen molar-refractivity contribution in [1.82, 2.24) is 4.31 Å². The summed E-state index contributed by atoms with van der Waals surface area (Å²) in [5.41, 5.74) is 2.37. The number of rotatable bonds is 7. The molecule has 8 heteroatoms. The monoisotopic (exact) mass is 466 g/mol. The molecule has 0 bridgehead atoms. The SMILES string of the molecule is CN(C)S(=O)(=O)c1ccc(-c2ccc(/C=C\C(=O)c3cccc(N4CCOCC4)c3)o2)cc1. The first-order valence-corrected chi connectivity index (χ1v) is 12.1. The molecule has 0 atom stereocenters. The number of carbonyl (C=O) groups is 1. The molecule has 0 N–H and O–H groups in total. The molecule has 0 saturated carbocycles. The van der Waals surface area contributed by atoms with Gasteiger partial charge in [0.25, 0.3) is 0 Å². The van der Waals surface area contributed by atoms with Crippen LogP contribution in [0.3, 0.4) is 0 Å². The largest absolute Gasteiger partial charge is 0.457 e. The van der Waals surface area contributed by atoms with Gasteiger partial charge in [0.1, 0.15) is 11.5 Å². The molecule has 2 aromatic carbocycles. The molecular formula is C25H26N2O5S. The number of furan rings is 1. The molecule has 2 heterocycles. The zero-order chi connectivity index (χ0) is 23.4. The highest BCUT2D eigenvalue weighted by molar-refractivity contribution is 7.89. The van der Waals surface area contributed by atoms with Crippen molar-refractivity contribution in [2.24, 2.45) is 0 Å². The van der Waals surface area contributed by atoms with E-state index in [0.29, 0.717) is 30.3 Å². The second-order valence-electron chi connectivity index (χ2n) is 7.86. The Morgan fingerprint density at radius 2 is 1.73 bits per heavy atom. The fraction of sp³-hybridized carbons (Fsp3) is 0.240. The van der Waals surface area contributed by atoms with Crippen molar-refractivity contribution in [2.75, 3.05) is 45.3 Å². The third kappa shape index (κ3) is 5.24. The topological polar surface area (TPSA) is 80.1 Å². The maximum Gasteiger partial charge on any atom is 0.242 e. The van der Waals surface area contributed by atoms with Crippen LogP contribution in [0, 0.1) is 0 Å². The maximum atomic E-state index is 12.7. The number of ether oxygens (including phenoxy) is 1. The smallest absolute Gasteiger partial charge is 0.242 e. The Morgan fingerprint density at radius 1 is 1.00 bits per heavy atom. The van der Waals surface area contributed by atoms with Crippen molar-refractivity contribution >= 4 is 27.6 Å². The van der Waals surface area contributed by atoms with Crippen LogP contribution in [-0.4, -0.2) is 58.9 Å². The number of allylic oxidation sites excluding steroid dienone is 1. The average molecular weight is 467 g/mol. The van der Waals surface area contributed by atoms with E-state index in [1.165, 1.54) is 24.5 Å². The molecule has 0 radical (unpaired) electrons. The lowest BCUT2D eigenvalue weighted by Crippen LogP contribution is -2.36. The van der Waals surface area contributed by atoms with E-state index < -0.39 is 10.0 Å². The summed E-state index contributed by atoms with van der Waals surface area (Å²) in [6.07, 6.45) is 3.13. The van der Waals surface area contributed by atoms with Gasteiger partial charge in [-0.2, -0.15) is 0 Å². The van der Waals surface area contributed by atoms with Gasteiger partial charge < -0.3 is 14.1 Å². The molecule has 7 nitrogen and oxygen atoms in total. The third-order valence-corrected chi connectivity index (χ3v) is 7.28. The van der Waals surface area contributed by atoms with Crippen molar-refractivity contribution in [3.8, 4) is 11.3 Å². The van der Waals surface area contributed by atoms with E-state index >= 15 is 0 Å². The summed E-state index contributed by atoms with van der Waals surface area (Å²) in [7, 11) is -0.492. The summed E-state index contributed by atoms with van der Waals surface area (Å²) in [5.74, 6) is 1.01. The Hall–Kier alpha value is -3.20. The summed E-state index contributed by atoms with van der Waals surface area (Å²) < 4.78 is 36.8. The predicted molar refractivity (Wildman–Crippen MR) is 128 cm³/mol. The van der Waals surface area contributed by atoms with Crippen molar-refractivity contribution in [3.63, 3.8) is 0 Å².